The van der Waals surface area contributed by atoms with E-state index in [0.717, 1.165) is 36.3 Å². The van der Waals surface area contributed by atoms with E-state index in [4.69, 9.17) is 4.74 Å². The Morgan fingerprint density at radius 3 is 2.65 bits per heavy atom. The molecule has 2 aliphatic heterocycles. The number of para-hydroxylation sites is 1. The van der Waals surface area contributed by atoms with Gasteiger partial charge in [0, 0.05) is 18.8 Å². The molecule has 2 heterocycles. The zero-order valence-corrected chi connectivity index (χ0v) is 15.7. The number of hydrogen-bond donors (Lipinski definition) is 1. The lowest BCUT2D eigenvalue weighted by atomic mass is 9.95. The number of benzene rings is 2. The van der Waals surface area contributed by atoms with E-state index in [9.17, 15) is 4.79 Å². The Morgan fingerprint density at radius 2 is 1.88 bits per heavy atom. The summed E-state index contributed by atoms with van der Waals surface area (Å²) in [5, 5.41) is 3.60. The molecule has 1 N–H and O–H groups in total. The summed E-state index contributed by atoms with van der Waals surface area (Å²) in [5.74, 6) is 0.0810. The predicted octanol–water partition coefficient (Wildman–Crippen LogP) is 4.36. The third-order valence-corrected chi connectivity index (χ3v) is 5.62. The van der Waals surface area contributed by atoms with Crippen molar-refractivity contribution in [3.63, 3.8) is 0 Å². The Labute approximate surface area is 155 Å². The maximum absolute atomic E-state index is 13.3. The number of aryl methyl sites for hydroxylation is 3. The lowest BCUT2D eigenvalue weighted by molar-refractivity contribution is 0.0426. The quantitative estimate of drug-likeness (QED) is 0.894. The number of nitrogens with zero attached hydrogens (tertiary/aromatic N) is 1. The van der Waals surface area contributed by atoms with Crippen LogP contribution in [0.5, 0.6) is 0 Å². The van der Waals surface area contributed by atoms with Crippen LogP contribution in [0.3, 0.4) is 0 Å². The lowest BCUT2D eigenvalue weighted by Gasteiger charge is -2.40. The van der Waals surface area contributed by atoms with Gasteiger partial charge in [-0.15, -0.1) is 0 Å². The third kappa shape index (κ3) is 2.99. The first-order valence-corrected chi connectivity index (χ1v) is 9.40. The topological polar surface area (TPSA) is 41.6 Å². The van der Waals surface area contributed by atoms with Crippen LogP contribution in [0.2, 0.25) is 0 Å². The molecular weight excluding hydrogens is 324 g/mol. The van der Waals surface area contributed by atoms with Crippen molar-refractivity contribution in [1.82, 2.24) is 4.90 Å². The van der Waals surface area contributed by atoms with Gasteiger partial charge in [0.25, 0.3) is 5.91 Å². The molecule has 136 valence electrons. The lowest BCUT2D eigenvalue weighted by Crippen LogP contribution is -2.46. The van der Waals surface area contributed by atoms with Crippen molar-refractivity contribution >= 4 is 11.6 Å². The summed E-state index contributed by atoms with van der Waals surface area (Å²) in [5.41, 5.74) is 6.53. The molecule has 2 unspecified atom stereocenters. The number of carbonyl (C=O) groups excluding carboxylic acids is 1. The van der Waals surface area contributed by atoms with Gasteiger partial charge < -0.3 is 15.0 Å². The van der Waals surface area contributed by atoms with Crippen LogP contribution in [-0.2, 0) is 4.74 Å². The SMILES string of the molecule is Cc1cc(C)c(C2Nc3ccccc3C(=O)N2CC2CCCO2)cc1C. The van der Waals surface area contributed by atoms with Crippen molar-refractivity contribution in [3.05, 3.63) is 64.2 Å². The molecule has 26 heavy (non-hydrogen) atoms. The van der Waals surface area contributed by atoms with Gasteiger partial charge >= 0.3 is 0 Å². The first-order chi connectivity index (χ1) is 12.5. The van der Waals surface area contributed by atoms with E-state index in [0.29, 0.717) is 6.54 Å². The van der Waals surface area contributed by atoms with Crippen LogP contribution in [0.25, 0.3) is 0 Å². The number of fused-ring (bicyclic) bond motifs is 1. The summed E-state index contributed by atoms with van der Waals surface area (Å²) in [7, 11) is 0. The molecule has 2 aliphatic rings. The number of anilines is 1. The van der Waals surface area contributed by atoms with Gasteiger partial charge in [0.05, 0.1) is 11.7 Å². The van der Waals surface area contributed by atoms with E-state index in [2.05, 4.69) is 38.2 Å². The number of ether oxygens (including phenoxy) is 1. The largest absolute Gasteiger partial charge is 0.376 e. The first kappa shape index (κ1) is 17.1. The van der Waals surface area contributed by atoms with Crippen LogP contribution in [0, 0.1) is 20.8 Å². The molecule has 2 aromatic carbocycles. The Hall–Kier alpha value is -2.33. The van der Waals surface area contributed by atoms with Gasteiger partial charge in [-0.2, -0.15) is 0 Å². The molecule has 0 aromatic heterocycles. The highest BCUT2D eigenvalue weighted by Crippen LogP contribution is 2.36. The van der Waals surface area contributed by atoms with Gasteiger partial charge in [-0.25, -0.2) is 0 Å². The van der Waals surface area contributed by atoms with Crippen molar-refractivity contribution in [3.8, 4) is 0 Å². The molecule has 4 nitrogen and oxygen atoms in total. The highest BCUT2D eigenvalue weighted by Gasteiger charge is 2.35. The minimum absolute atomic E-state index is 0.0810. The Bertz CT molecular complexity index is 840. The van der Waals surface area contributed by atoms with E-state index < -0.39 is 0 Å². The summed E-state index contributed by atoms with van der Waals surface area (Å²) in [6.07, 6.45) is 2.05. The predicted molar refractivity (Wildman–Crippen MR) is 103 cm³/mol. The van der Waals surface area contributed by atoms with E-state index in [-0.39, 0.29) is 18.2 Å². The van der Waals surface area contributed by atoms with Crippen LogP contribution < -0.4 is 5.32 Å². The standard InChI is InChI=1S/C22H26N2O2/c1-14-11-16(3)19(12-15(14)2)21-23-20-9-5-4-8-18(20)22(25)24(21)13-17-7-6-10-26-17/h4-5,8-9,11-12,17,21,23H,6-7,10,13H2,1-3H3. The van der Waals surface area contributed by atoms with Crippen LogP contribution in [-0.4, -0.2) is 30.1 Å². The average molecular weight is 350 g/mol. The molecule has 1 fully saturated rings. The number of nitrogens with one attached hydrogen (secondary N) is 1. The zero-order valence-electron chi connectivity index (χ0n) is 15.7. The van der Waals surface area contributed by atoms with Crippen molar-refractivity contribution in [2.75, 3.05) is 18.5 Å². The van der Waals surface area contributed by atoms with Crippen LogP contribution in [0.4, 0.5) is 5.69 Å². The molecule has 2 atom stereocenters. The Balaban J connectivity index is 1.76. The Kier molecular flexibility index (Phi) is 4.45. The number of amides is 1. The van der Waals surface area contributed by atoms with E-state index >= 15 is 0 Å². The summed E-state index contributed by atoms with van der Waals surface area (Å²) >= 11 is 0. The van der Waals surface area contributed by atoms with E-state index in [1.807, 2.05) is 29.2 Å². The molecule has 0 radical (unpaired) electrons. The molecule has 1 saturated heterocycles. The number of hydrogen-bond acceptors (Lipinski definition) is 3. The van der Waals surface area contributed by atoms with Crippen molar-refractivity contribution in [2.24, 2.45) is 0 Å². The fraction of sp³-hybridized carbons (Fsp3) is 0.409. The van der Waals surface area contributed by atoms with Crippen molar-refractivity contribution in [2.45, 2.75) is 45.9 Å². The summed E-state index contributed by atoms with van der Waals surface area (Å²) in [6, 6.07) is 12.2. The van der Waals surface area contributed by atoms with E-state index in [1.165, 1.54) is 16.7 Å². The normalized spacial score (nSPS) is 22.3. The molecule has 0 aliphatic carbocycles. The van der Waals surface area contributed by atoms with Crippen molar-refractivity contribution < 1.29 is 9.53 Å². The molecule has 2 aromatic rings. The van der Waals surface area contributed by atoms with Crippen LogP contribution in [0.15, 0.2) is 36.4 Å². The fourth-order valence-electron chi connectivity index (χ4n) is 4.01. The summed E-state index contributed by atoms with van der Waals surface area (Å²) < 4.78 is 5.83. The van der Waals surface area contributed by atoms with Crippen molar-refractivity contribution in [1.29, 1.82) is 0 Å². The molecule has 4 rings (SSSR count). The van der Waals surface area contributed by atoms with Gasteiger partial charge in [0.2, 0.25) is 0 Å². The Morgan fingerprint density at radius 1 is 1.12 bits per heavy atom. The van der Waals surface area contributed by atoms with Gasteiger partial charge in [-0.05, 0) is 68.0 Å². The van der Waals surface area contributed by atoms with Gasteiger partial charge in [-0.3, -0.25) is 4.79 Å². The maximum Gasteiger partial charge on any atom is 0.257 e. The summed E-state index contributed by atoms with van der Waals surface area (Å²) in [4.78, 5) is 15.2. The van der Waals surface area contributed by atoms with Crippen LogP contribution >= 0.6 is 0 Å². The second-order valence-electron chi connectivity index (χ2n) is 7.48. The minimum atomic E-state index is -0.166. The van der Waals surface area contributed by atoms with Gasteiger partial charge in [0.1, 0.15) is 6.17 Å². The third-order valence-electron chi connectivity index (χ3n) is 5.62. The molecular formula is C22H26N2O2. The smallest absolute Gasteiger partial charge is 0.257 e. The van der Waals surface area contributed by atoms with Gasteiger partial charge in [0.15, 0.2) is 0 Å². The summed E-state index contributed by atoms with van der Waals surface area (Å²) in [6.45, 7) is 7.80. The number of rotatable bonds is 3. The van der Waals surface area contributed by atoms with Crippen LogP contribution in [0.1, 0.15) is 51.6 Å². The zero-order chi connectivity index (χ0) is 18.3. The average Bonchev–Trinajstić information content (AvgIpc) is 3.14. The molecule has 4 heteroatoms. The highest BCUT2D eigenvalue weighted by atomic mass is 16.5. The monoisotopic (exact) mass is 350 g/mol. The molecule has 0 spiro atoms. The maximum atomic E-state index is 13.3. The van der Waals surface area contributed by atoms with E-state index in [1.54, 1.807) is 0 Å². The highest BCUT2D eigenvalue weighted by molar-refractivity contribution is 6.01. The molecule has 1 amide bonds. The molecule has 0 bridgehead atoms. The minimum Gasteiger partial charge on any atom is -0.376 e. The molecule has 0 saturated carbocycles. The second-order valence-corrected chi connectivity index (χ2v) is 7.48. The number of carbonyl (C=O) groups is 1. The fourth-order valence-corrected chi connectivity index (χ4v) is 4.01. The first-order valence-electron chi connectivity index (χ1n) is 9.40. The second kappa shape index (κ2) is 6.76. The van der Waals surface area contributed by atoms with Gasteiger partial charge in [-0.1, -0.05) is 24.3 Å².